The second-order valence-electron chi connectivity index (χ2n) is 4.65. The predicted octanol–water partition coefficient (Wildman–Crippen LogP) is 5.78. The van der Waals surface area contributed by atoms with Gasteiger partial charge in [-0.05, 0) is 75.7 Å². The van der Waals surface area contributed by atoms with E-state index in [4.69, 9.17) is 9.47 Å². The third-order valence-corrected chi connectivity index (χ3v) is 5.14. The highest BCUT2D eigenvalue weighted by Crippen LogP contribution is 2.36. The maximum atomic E-state index is 5.96. The fraction of sp³-hybridized carbons (Fsp3) is 0.357. The summed E-state index contributed by atoms with van der Waals surface area (Å²) >= 11 is 8.34. The second kappa shape index (κ2) is 6.45. The molecule has 0 atom stereocenters. The van der Waals surface area contributed by atoms with Gasteiger partial charge in [0, 0.05) is 0 Å². The van der Waals surface area contributed by atoms with Crippen LogP contribution < -0.4 is 9.47 Å². The van der Waals surface area contributed by atoms with E-state index in [2.05, 4.69) is 36.8 Å². The molecule has 1 aliphatic carbocycles. The van der Waals surface area contributed by atoms with Crippen molar-refractivity contribution in [3.8, 4) is 16.7 Å². The van der Waals surface area contributed by atoms with E-state index in [1.165, 1.54) is 24.2 Å². The molecule has 3 nitrogen and oxygen atoms in total. The maximum Gasteiger partial charge on any atom is 0.279 e. The fourth-order valence-electron chi connectivity index (χ4n) is 2.22. The molecule has 0 amide bonds. The normalized spacial score (nSPS) is 15.5. The van der Waals surface area contributed by atoms with Gasteiger partial charge in [0.1, 0.15) is 11.5 Å². The van der Waals surface area contributed by atoms with Crippen molar-refractivity contribution < 1.29 is 9.47 Å². The molecule has 6 heteroatoms. The first-order chi connectivity index (χ1) is 9.70. The Hall–Kier alpha value is -0.590. The van der Waals surface area contributed by atoms with Crippen LogP contribution in [0.5, 0.6) is 16.7 Å². The van der Waals surface area contributed by atoms with E-state index in [0.717, 1.165) is 32.6 Å². The van der Waals surface area contributed by atoms with E-state index >= 15 is 0 Å². The molecule has 0 saturated heterocycles. The van der Waals surface area contributed by atoms with Gasteiger partial charge >= 0.3 is 0 Å². The average Bonchev–Trinajstić information content (AvgIpc) is 3.05. The van der Waals surface area contributed by atoms with Crippen LogP contribution in [0.15, 0.2) is 32.7 Å². The van der Waals surface area contributed by atoms with Gasteiger partial charge < -0.3 is 9.47 Å². The van der Waals surface area contributed by atoms with Gasteiger partial charge in [0.2, 0.25) is 0 Å². The highest BCUT2D eigenvalue weighted by atomic mass is 79.9. The molecule has 1 saturated carbocycles. The topological polar surface area (TPSA) is 31.4 Å². The van der Waals surface area contributed by atoms with Crippen LogP contribution in [0, 0.1) is 0 Å². The number of rotatable bonds is 4. The minimum absolute atomic E-state index is 0.364. The van der Waals surface area contributed by atoms with Crippen LogP contribution in [0.1, 0.15) is 25.7 Å². The highest BCUT2D eigenvalue weighted by Gasteiger charge is 2.17. The standard InChI is InChI=1S/C14H13Br2NO2S/c15-11-7-10(18-9-3-1-2-4-9)5-6-12(11)19-14-17-8-13(16)20-14/h5-9H,1-4H2. The molecule has 1 fully saturated rings. The number of hydrogen-bond donors (Lipinski definition) is 0. The number of nitrogens with zero attached hydrogens (tertiary/aromatic N) is 1. The number of halogens is 2. The third-order valence-electron chi connectivity index (χ3n) is 3.16. The molecule has 0 aliphatic heterocycles. The third kappa shape index (κ3) is 3.54. The molecule has 1 aliphatic rings. The van der Waals surface area contributed by atoms with Gasteiger partial charge in [0.05, 0.1) is 20.6 Å². The zero-order valence-electron chi connectivity index (χ0n) is 10.6. The van der Waals surface area contributed by atoms with Crippen molar-refractivity contribution in [2.45, 2.75) is 31.8 Å². The number of hydrogen-bond acceptors (Lipinski definition) is 4. The van der Waals surface area contributed by atoms with Gasteiger partial charge in [-0.15, -0.1) is 0 Å². The summed E-state index contributed by atoms with van der Waals surface area (Å²) in [6, 6.07) is 5.81. The van der Waals surface area contributed by atoms with E-state index in [1.54, 1.807) is 6.20 Å². The van der Waals surface area contributed by atoms with Crippen LogP contribution in [-0.4, -0.2) is 11.1 Å². The van der Waals surface area contributed by atoms with Gasteiger partial charge in [0.15, 0.2) is 0 Å². The van der Waals surface area contributed by atoms with Crippen LogP contribution in [0.2, 0.25) is 0 Å². The summed E-state index contributed by atoms with van der Waals surface area (Å²) in [5.41, 5.74) is 0. The Balaban J connectivity index is 1.70. The van der Waals surface area contributed by atoms with Crippen LogP contribution in [0.3, 0.4) is 0 Å². The number of aromatic nitrogens is 1. The van der Waals surface area contributed by atoms with Crippen molar-refractivity contribution in [1.82, 2.24) is 4.98 Å². The predicted molar refractivity (Wildman–Crippen MR) is 86.9 cm³/mol. The van der Waals surface area contributed by atoms with Gasteiger partial charge in [-0.2, -0.15) is 0 Å². The monoisotopic (exact) mass is 417 g/mol. The lowest BCUT2D eigenvalue weighted by Crippen LogP contribution is -2.10. The van der Waals surface area contributed by atoms with Crippen molar-refractivity contribution in [2.24, 2.45) is 0 Å². The van der Waals surface area contributed by atoms with Crippen LogP contribution in [0.4, 0.5) is 0 Å². The Kier molecular flexibility index (Phi) is 4.63. The molecule has 0 radical (unpaired) electrons. The Labute approximate surface area is 138 Å². The van der Waals surface area contributed by atoms with Crippen LogP contribution in [0.25, 0.3) is 0 Å². The SMILES string of the molecule is Brc1cnc(Oc2ccc(OC3CCCC3)cc2Br)s1. The molecule has 0 N–H and O–H groups in total. The summed E-state index contributed by atoms with van der Waals surface area (Å²) in [5.74, 6) is 1.63. The van der Waals surface area contributed by atoms with Crippen molar-refractivity contribution in [3.63, 3.8) is 0 Å². The van der Waals surface area contributed by atoms with Crippen LogP contribution >= 0.6 is 43.2 Å². The summed E-state index contributed by atoms with van der Waals surface area (Å²) in [4.78, 5) is 4.16. The number of benzene rings is 1. The number of thiazole rings is 1. The quantitative estimate of drug-likeness (QED) is 0.630. The largest absolute Gasteiger partial charge is 0.490 e. The molecule has 2 aromatic rings. The molecule has 1 aromatic carbocycles. The van der Waals surface area contributed by atoms with E-state index in [-0.39, 0.29) is 0 Å². The van der Waals surface area contributed by atoms with Crippen molar-refractivity contribution >= 4 is 43.2 Å². The van der Waals surface area contributed by atoms with Crippen molar-refractivity contribution in [1.29, 1.82) is 0 Å². The van der Waals surface area contributed by atoms with Crippen molar-refractivity contribution in [3.05, 3.63) is 32.7 Å². The first-order valence-electron chi connectivity index (χ1n) is 6.46. The smallest absolute Gasteiger partial charge is 0.279 e. The zero-order valence-corrected chi connectivity index (χ0v) is 14.6. The molecule has 0 spiro atoms. The summed E-state index contributed by atoms with van der Waals surface area (Å²) in [5, 5.41) is 0.613. The first-order valence-corrected chi connectivity index (χ1v) is 8.86. The molecule has 0 bridgehead atoms. The van der Waals surface area contributed by atoms with E-state index < -0.39 is 0 Å². The molecular formula is C14H13Br2NO2S. The van der Waals surface area contributed by atoms with Gasteiger partial charge in [-0.25, -0.2) is 4.98 Å². The summed E-state index contributed by atoms with van der Waals surface area (Å²) < 4.78 is 13.5. The minimum atomic E-state index is 0.364. The van der Waals surface area contributed by atoms with Crippen LogP contribution in [-0.2, 0) is 0 Å². The highest BCUT2D eigenvalue weighted by molar-refractivity contribution is 9.11. The fourth-order valence-corrected chi connectivity index (χ4v) is 3.68. The number of ether oxygens (including phenoxy) is 2. The van der Waals surface area contributed by atoms with E-state index in [0.29, 0.717) is 11.3 Å². The molecule has 0 unspecified atom stereocenters. The van der Waals surface area contributed by atoms with Gasteiger partial charge in [-0.3, -0.25) is 0 Å². The first kappa shape index (κ1) is 14.4. The van der Waals surface area contributed by atoms with Gasteiger partial charge in [-0.1, -0.05) is 11.3 Å². The molecule has 106 valence electrons. The Morgan fingerprint density at radius 3 is 2.65 bits per heavy atom. The lowest BCUT2D eigenvalue weighted by molar-refractivity contribution is 0.209. The Bertz CT molecular complexity index is 597. The summed E-state index contributed by atoms with van der Waals surface area (Å²) in [6.45, 7) is 0. The molecule has 20 heavy (non-hydrogen) atoms. The maximum absolute atomic E-state index is 5.96. The lowest BCUT2D eigenvalue weighted by Gasteiger charge is -2.14. The van der Waals surface area contributed by atoms with E-state index in [1.807, 2.05) is 18.2 Å². The Morgan fingerprint density at radius 1 is 1.20 bits per heavy atom. The van der Waals surface area contributed by atoms with Crippen molar-refractivity contribution in [2.75, 3.05) is 0 Å². The van der Waals surface area contributed by atoms with E-state index in [9.17, 15) is 0 Å². The summed E-state index contributed by atoms with van der Waals surface area (Å²) in [6.07, 6.45) is 6.94. The lowest BCUT2D eigenvalue weighted by atomic mass is 10.3. The summed E-state index contributed by atoms with van der Waals surface area (Å²) in [7, 11) is 0. The molecular weight excluding hydrogens is 406 g/mol. The van der Waals surface area contributed by atoms with Gasteiger partial charge in [0.25, 0.3) is 5.19 Å². The second-order valence-corrected chi connectivity index (χ2v) is 7.88. The molecule has 3 rings (SSSR count). The average molecular weight is 419 g/mol. The minimum Gasteiger partial charge on any atom is -0.490 e. The Morgan fingerprint density at radius 2 is 2.00 bits per heavy atom. The molecule has 1 aromatic heterocycles. The molecule has 1 heterocycles. The zero-order chi connectivity index (χ0) is 13.9.